The molecular formula is C26H25Cl2N5O2. The summed E-state index contributed by atoms with van der Waals surface area (Å²) < 4.78 is 6.17. The Kier molecular flexibility index (Phi) is 5.04. The molecule has 0 saturated heterocycles. The van der Waals surface area contributed by atoms with Crippen LogP contribution in [0.25, 0.3) is 0 Å². The number of aromatic nitrogens is 2. The van der Waals surface area contributed by atoms with Gasteiger partial charge in [0.2, 0.25) is 11.8 Å². The lowest BCUT2D eigenvalue weighted by atomic mass is 9.90. The summed E-state index contributed by atoms with van der Waals surface area (Å²) >= 11 is 12.8. The molecule has 1 aliphatic carbocycles. The van der Waals surface area contributed by atoms with Crippen LogP contribution in [0.4, 0.5) is 17.3 Å². The minimum absolute atomic E-state index is 0.216. The topological polar surface area (TPSA) is 70.6 Å². The minimum Gasteiger partial charge on any atom is -0.450 e. The Hall–Kier alpha value is -2.87. The number of para-hydroxylation sites is 1. The third kappa shape index (κ3) is 3.56. The van der Waals surface area contributed by atoms with Crippen LogP contribution in [0.5, 0.6) is 5.88 Å². The van der Waals surface area contributed by atoms with Gasteiger partial charge in [-0.05, 0) is 75.5 Å². The fourth-order valence-corrected chi connectivity index (χ4v) is 5.88. The van der Waals surface area contributed by atoms with Crippen molar-refractivity contribution in [3.05, 3.63) is 69.3 Å². The van der Waals surface area contributed by atoms with Gasteiger partial charge in [-0.2, -0.15) is 4.98 Å². The van der Waals surface area contributed by atoms with Crippen LogP contribution < -0.4 is 15.0 Å². The van der Waals surface area contributed by atoms with Gasteiger partial charge < -0.3 is 10.1 Å². The highest BCUT2D eigenvalue weighted by molar-refractivity contribution is 6.40. The number of benzene rings is 2. The SMILES string of the molecule is CN1CCc2cc(Nc3ncc4c(n3)OC(C)(C)N(c3c(Cl)cccc3Cl)C4=O)ccc2C12CC2. The number of amides is 1. The number of ether oxygens (including phenoxy) is 1. The molecule has 2 aromatic carbocycles. The van der Waals surface area contributed by atoms with Gasteiger partial charge in [-0.3, -0.25) is 14.6 Å². The highest BCUT2D eigenvalue weighted by atomic mass is 35.5. The van der Waals surface area contributed by atoms with Crippen LogP contribution in [0, 0.1) is 0 Å². The summed E-state index contributed by atoms with van der Waals surface area (Å²) in [6.45, 7) is 4.61. The van der Waals surface area contributed by atoms with Gasteiger partial charge >= 0.3 is 0 Å². The first-order valence-electron chi connectivity index (χ1n) is 11.7. The zero-order valence-corrected chi connectivity index (χ0v) is 21.2. The van der Waals surface area contributed by atoms with E-state index in [2.05, 4.69) is 45.4 Å². The summed E-state index contributed by atoms with van der Waals surface area (Å²) in [6, 6.07) is 11.6. The Labute approximate surface area is 214 Å². The molecular weight excluding hydrogens is 485 g/mol. The van der Waals surface area contributed by atoms with E-state index in [1.165, 1.54) is 35.1 Å². The molecule has 1 N–H and O–H groups in total. The Morgan fingerprint density at radius 3 is 2.57 bits per heavy atom. The molecule has 9 heteroatoms. The normalized spacial score (nSPS) is 19.7. The van der Waals surface area contributed by atoms with Crippen molar-refractivity contribution in [3.8, 4) is 5.88 Å². The standard InChI is InChI=1S/C26H25Cl2N5O2/c1-25(2)33(21-19(27)5-4-6-20(21)28)23(34)17-14-29-24(31-22(17)35-25)30-16-7-8-18-15(13-16)9-12-32(3)26(18)10-11-26/h4-8,13-14H,9-12H2,1-3H3,(H,29,30,31). The first-order chi connectivity index (χ1) is 16.7. The number of hydrogen-bond acceptors (Lipinski definition) is 6. The molecule has 180 valence electrons. The van der Waals surface area contributed by atoms with Crippen LogP contribution >= 0.6 is 23.2 Å². The number of nitrogens with zero attached hydrogens (tertiary/aromatic N) is 4. The van der Waals surface area contributed by atoms with Crippen molar-refractivity contribution in [2.45, 2.75) is 44.4 Å². The van der Waals surface area contributed by atoms with E-state index in [-0.39, 0.29) is 22.9 Å². The van der Waals surface area contributed by atoms with Gasteiger partial charge in [-0.15, -0.1) is 0 Å². The number of carbonyl (C=O) groups is 1. The van der Waals surface area contributed by atoms with Gasteiger partial charge in [0.25, 0.3) is 5.91 Å². The number of fused-ring (bicyclic) bond motifs is 3. The van der Waals surface area contributed by atoms with Crippen molar-refractivity contribution in [3.63, 3.8) is 0 Å². The van der Waals surface area contributed by atoms with Gasteiger partial charge in [0.15, 0.2) is 5.72 Å². The van der Waals surface area contributed by atoms with Gasteiger partial charge in [0.1, 0.15) is 5.56 Å². The van der Waals surface area contributed by atoms with Crippen molar-refractivity contribution in [2.24, 2.45) is 0 Å². The zero-order chi connectivity index (χ0) is 24.5. The van der Waals surface area contributed by atoms with E-state index in [1.807, 2.05) is 0 Å². The second kappa shape index (κ2) is 7.82. The molecule has 1 spiro atoms. The summed E-state index contributed by atoms with van der Waals surface area (Å²) in [6.07, 6.45) is 4.93. The van der Waals surface area contributed by atoms with E-state index >= 15 is 0 Å². The number of hydrogen-bond donors (Lipinski definition) is 1. The number of nitrogens with one attached hydrogen (secondary N) is 1. The summed E-state index contributed by atoms with van der Waals surface area (Å²) in [5, 5.41) is 4.00. The second-order valence-corrected chi connectivity index (χ2v) is 10.7. The first-order valence-corrected chi connectivity index (χ1v) is 12.4. The number of carbonyl (C=O) groups excluding carboxylic acids is 1. The maximum atomic E-state index is 13.5. The smallest absolute Gasteiger partial charge is 0.268 e. The lowest BCUT2D eigenvalue weighted by Crippen LogP contribution is -2.55. The maximum Gasteiger partial charge on any atom is 0.268 e. The van der Waals surface area contributed by atoms with Crippen LogP contribution in [-0.4, -0.2) is 40.1 Å². The summed E-state index contributed by atoms with van der Waals surface area (Å²) in [7, 11) is 2.21. The zero-order valence-electron chi connectivity index (χ0n) is 19.7. The van der Waals surface area contributed by atoms with Crippen LogP contribution in [-0.2, 0) is 12.0 Å². The van der Waals surface area contributed by atoms with Gasteiger partial charge in [-0.1, -0.05) is 35.3 Å². The number of rotatable bonds is 3. The Bertz CT molecular complexity index is 1350. The molecule has 0 atom stereocenters. The summed E-state index contributed by atoms with van der Waals surface area (Å²) in [5.41, 5.74) is 3.50. The second-order valence-electron chi connectivity index (χ2n) is 9.87. The lowest BCUT2D eigenvalue weighted by Gasteiger charge is -2.42. The number of anilines is 3. The molecule has 3 aliphatic rings. The highest BCUT2D eigenvalue weighted by Gasteiger charge is 2.50. The van der Waals surface area contributed by atoms with Crippen molar-refractivity contribution < 1.29 is 9.53 Å². The Balaban J connectivity index is 1.30. The van der Waals surface area contributed by atoms with Crippen LogP contribution in [0.3, 0.4) is 0 Å². The summed E-state index contributed by atoms with van der Waals surface area (Å²) in [4.78, 5) is 26.3. The minimum atomic E-state index is -1.07. The molecule has 0 radical (unpaired) electrons. The van der Waals surface area contributed by atoms with E-state index in [4.69, 9.17) is 27.9 Å². The number of likely N-dealkylation sites (N-methyl/N-ethyl adjacent to an activating group) is 1. The van der Waals surface area contributed by atoms with Crippen molar-refractivity contribution in [2.75, 3.05) is 23.8 Å². The molecule has 0 unspecified atom stereocenters. The Morgan fingerprint density at radius 2 is 1.86 bits per heavy atom. The molecule has 7 nitrogen and oxygen atoms in total. The average Bonchev–Trinajstić information content (AvgIpc) is 3.59. The third-order valence-corrected chi connectivity index (χ3v) is 7.88. The molecule has 0 bridgehead atoms. The molecule has 35 heavy (non-hydrogen) atoms. The largest absolute Gasteiger partial charge is 0.450 e. The van der Waals surface area contributed by atoms with E-state index in [1.54, 1.807) is 32.0 Å². The highest BCUT2D eigenvalue weighted by Crippen LogP contribution is 2.53. The molecule has 3 heterocycles. The van der Waals surface area contributed by atoms with Crippen molar-refractivity contribution in [1.29, 1.82) is 0 Å². The number of halogens is 2. The van der Waals surface area contributed by atoms with E-state index < -0.39 is 5.72 Å². The monoisotopic (exact) mass is 509 g/mol. The lowest BCUT2D eigenvalue weighted by molar-refractivity contribution is 0.0606. The van der Waals surface area contributed by atoms with Crippen molar-refractivity contribution >= 4 is 46.4 Å². The van der Waals surface area contributed by atoms with Crippen LogP contribution in [0.1, 0.15) is 48.2 Å². The maximum absolute atomic E-state index is 13.5. The fourth-order valence-electron chi connectivity index (χ4n) is 5.31. The molecule has 3 aromatic rings. The molecule has 6 rings (SSSR count). The quantitative estimate of drug-likeness (QED) is 0.482. The Morgan fingerprint density at radius 1 is 1.11 bits per heavy atom. The van der Waals surface area contributed by atoms with Crippen LogP contribution in [0.2, 0.25) is 10.0 Å². The third-order valence-electron chi connectivity index (χ3n) is 7.27. The van der Waals surface area contributed by atoms with Crippen molar-refractivity contribution in [1.82, 2.24) is 14.9 Å². The van der Waals surface area contributed by atoms with Gasteiger partial charge in [0, 0.05) is 24.0 Å². The first kappa shape index (κ1) is 22.6. The van der Waals surface area contributed by atoms with Gasteiger partial charge in [-0.25, -0.2) is 4.98 Å². The molecule has 1 saturated carbocycles. The average molecular weight is 510 g/mol. The van der Waals surface area contributed by atoms with E-state index in [9.17, 15) is 4.79 Å². The molecule has 1 fully saturated rings. The molecule has 2 aliphatic heterocycles. The fraction of sp³-hybridized carbons (Fsp3) is 0.346. The van der Waals surface area contributed by atoms with Gasteiger partial charge in [0.05, 0.1) is 15.7 Å². The predicted octanol–water partition coefficient (Wildman–Crippen LogP) is 5.78. The predicted molar refractivity (Wildman–Crippen MR) is 137 cm³/mol. The van der Waals surface area contributed by atoms with E-state index in [0.29, 0.717) is 21.7 Å². The molecule has 1 amide bonds. The summed E-state index contributed by atoms with van der Waals surface area (Å²) in [5.74, 6) is 0.254. The van der Waals surface area contributed by atoms with E-state index in [0.717, 1.165) is 18.7 Å². The van der Waals surface area contributed by atoms with Crippen LogP contribution in [0.15, 0.2) is 42.6 Å². The molecule has 1 aromatic heterocycles.